The van der Waals surface area contributed by atoms with E-state index in [2.05, 4.69) is 0 Å². The number of benzene rings is 1. The standard InChI is InChI=1S/C10H9F2NO2S/c11-9-4-3-8(7-10(9)12)16(14,15)6-2-1-5-13/h3-4,7H,1-2,6H2. The van der Waals surface area contributed by atoms with Crippen LogP contribution in [0.15, 0.2) is 23.1 Å². The Bertz CT molecular complexity index is 520. The summed E-state index contributed by atoms with van der Waals surface area (Å²) in [4.78, 5) is -0.260. The number of nitriles is 1. The second kappa shape index (κ2) is 5.03. The van der Waals surface area contributed by atoms with Crippen molar-refractivity contribution in [2.45, 2.75) is 17.7 Å². The van der Waals surface area contributed by atoms with Gasteiger partial charge in [-0.15, -0.1) is 0 Å². The molecule has 1 aromatic carbocycles. The average Bonchev–Trinajstić information content (AvgIpc) is 2.22. The monoisotopic (exact) mass is 245 g/mol. The first-order chi connectivity index (χ1) is 7.47. The van der Waals surface area contributed by atoms with Crippen LogP contribution in [0.2, 0.25) is 0 Å². The smallest absolute Gasteiger partial charge is 0.178 e. The summed E-state index contributed by atoms with van der Waals surface area (Å²) in [5.41, 5.74) is 0. The highest BCUT2D eigenvalue weighted by Gasteiger charge is 2.16. The molecule has 0 spiro atoms. The molecule has 0 bridgehead atoms. The third kappa shape index (κ3) is 3.00. The second-order valence-corrected chi connectivity index (χ2v) is 5.27. The molecule has 0 saturated heterocycles. The van der Waals surface area contributed by atoms with E-state index in [-0.39, 0.29) is 23.5 Å². The average molecular weight is 245 g/mol. The first-order valence-electron chi connectivity index (χ1n) is 4.52. The van der Waals surface area contributed by atoms with E-state index < -0.39 is 21.5 Å². The van der Waals surface area contributed by atoms with Gasteiger partial charge >= 0.3 is 0 Å². The number of sulfone groups is 1. The van der Waals surface area contributed by atoms with E-state index in [1.54, 1.807) is 0 Å². The van der Waals surface area contributed by atoms with Gasteiger partial charge in [0, 0.05) is 6.42 Å². The largest absolute Gasteiger partial charge is 0.224 e. The predicted octanol–water partition coefficient (Wildman–Crippen LogP) is 2.04. The van der Waals surface area contributed by atoms with Crippen molar-refractivity contribution in [2.24, 2.45) is 0 Å². The van der Waals surface area contributed by atoms with Crippen LogP contribution in [0.25, 0.3) is 0 Å². The summed E-state index contributed by atoms with van der Waals surface area (Å²) in [6.07, 6.45) is 0.292. The first-order valence-corrected chi connectivity index (χ1v) is 6.17. The second-order valence-electron chi connectivity index (χ2n) is 3.16. The van der Waals surface area contributed by atoms with Crippen molar-refractivity contribution in [1.82, 2.24) is 0 Å². The molecular weight excluding hydrogens is 236 g/mol. The molecule has 0 N–H and O–H groups in total. The van der Waals surface area contributed by atoms with Crippen LogP contribution in [0.4, 0.5) is 8.78 Å². The van der Waals surface area contributed by atoms with E-state index in [1.165, 1.54) is 0 Å². The molecule has 0 aliphatic rings. The molecule has 0 atom stereocenters. The Morgan fingerprint density at radius 1 is 1.25 bits per heavy atom. The summed E-state index contributed by atoms with van der Waals surface area (Å²) >= 11 is 0. The van der Waals surface area contributed by atoms with Crippen molar-refractivity contribution in [3.8, 4) is 6.07 Å². The van der Waals surface area contributed by atoms with Crippen LogP contribution in [0.1, 0.15) is 12.8 Å². The minimum atomic E-state index is -3.63. The quantitative estimate of drug-likeness (QED) is 0.602. The van der Waals surface area contributed by atoms with Crippen LogP contribution < -0.4 is 0 Å². The lowest BCUT2D eigenvalue weighted by molar-refractivity contribution is 0.504. The van der Waals surface area contributed by atoms with E-state index in [1.807, 2.05) is 6.07 Å². The Balaban J connectivity index is 2.91. The van der Waals surface area contributed by atoms with Crippen molar-refractivity contribution in [2.75, 3.05) is 5.75 Å². The maximum atomic E-state index is 12.8. The molecule has 0 saturated carbocycles. The molecule has 0 unspecified atom stereocenters. The number of rotatable bonds is 4. The van der Waals surface area contributed by atoms with E-state index in [9.17, 15) is 17.2 Å². The fourth-order valence-corrected chi connectivity index (χ4v) is 2.45. The van der Waals surface area contributed by atoms with Gasteiger partial charge in [-0.05, 0) is 24.6 Å². The van der Waals surface area contributed by atoms with E-state index in [0.29, 0.717) is 6.07 Å². The molecule has 3 nitrogen and oxygen atoms in total. The van der Waals surface area contributed by atoms with E-state index >= 15 is 0 Å². The molecule has 0 aliphatic carbocycles. The molecule has 0 amide bonds. The van der Waals surface area contributed by atoms with Crippen LogP contribution in [-0.2, 0) is 9.84 Å². The summed E-state index contributed by atoms with van der Waals surface area (Å²) in [7, 11) is -3.63. The van der Waals surface area contributed by atoms with Gasteiger partial charge < -0.3 is 0 Å². The third-order valence-electron chi connectivity index (χ3n) is 1.95. The van der Waals surface area contributed by atoms with Gasteiger partial charge in [0.1, 0.15) is 0 Å². The zero-order chi connectivity index (χ0) is 12.2. The number of nitrogens with zero attached hydrogens (tertiary/aromatic N) is 1. The van der Waals surface area contributed by atoms with Crippen LogP contribution in [-0.4, -0.2) is 14.2 Å². The van der Waals surface area contributed by atoms with Gasteiger partial charge in [0.25, 0.3) is 0 Å². The Labute approximate surface area is 92.2 Å². The molecule has 0 heterocycles. The first kappa shape index (κ1) is 12.6. The molecular formula is C10H9F2NO2S. The lowest BCUT2D eigenvalue weighted by atomic mass is 10.3. The molecule has 1 rings (SSSR count). The van der Waals surface area contributed by atoms with Gasteiger partial charge in [-0.25, -0.2) is 17.2 Å². The Kier molecular flexibility index (Phi) is 3.96. The number of halogens is 2. The highest BCUT2D eigenvalue weighted by Crippen LogP contribution is 2.16. The van der Waals surface area contributed by atoms with Crippen LogP contribution in [0, 0.1) is 23.0 Å². The van der Waals surface area contributed by atoms with Crippen LogP contribution >= 0.6 is 0 Å². The molecule has 0 radical (unpaired) electrons. The minimum absolute atomic E-state index is 0.114. The maximum Gasteiger partial charge on any atom is 0.178 e. The Morgan fingerprint density at radius 3 is 2.50 bits per heavy atom. The van der Waals surface area contributed by atoms with E-state index in [0.717, 1.165) is 12.1 Å². The Morgan fingerprint density at radius 2 is 1.94 bits per heavy atom. The van der Waals surface area contributed by atoms with Crippen molar-refractivity contribution in [3.05, 3.63) is 29.8 Å². The molecule has 0 fully saturated rings. The number of unbranched alkanes of at least 4 members (excludes halogenated alkanes) is 1. The summed E-state index contributed by atoms with van der Waals surface area (Å²) in [6.45, 7) is 0. The van der Waals surface area contributed by atoms with E-state index in [4.69, 9.17) is 5.26 Å². The van der Waals surface area contributed by atoms with Gasteiger partial charge in [0.15, 0.2) is 21.5 Å². The summed E-state index contributed by atoms with van der Waals surface area (Å²) in [6, 6.07) is 4.25. The third-order valence-corrected chi connectivity index (χ3v) is 3.75. The van der Waals surface area contributed by atoms with Crippen LogP contribution in [0.5, 0.6) is 0 Å². The molecule has 16 heavy (non-hydrogen) atoms. The minimum Gasteiger partial charge on any atom is -0.224 e. The number of hydrogen-bond donors (Lipinski definition) is 0. The normalized spacial score (nSPS) is 11.1. The van der Waals surface area contributed by atoms with Gasteiger partial charge in [-0.2, -0.15) is 5.26 Å². The number of hydrogen-bond acceptors (Lipinski definition) is 3. The summed E-state index contributed by atoms with van der Waals surface area (Å²) in [5, 5.41) is 8.26. The zero-order valence-corrected chi connectivity index (χ0v) is 9.10. The molecule has 1 aromatic rings. The van der Waals surface area contributed by atoms with Crippen LogP contribution in [0.3, 0.4) is 0 Å². The van der Waals surface area contributed by atoms with Crippen molar-refractivity contribution in [1.29, 1.82) is 5.26 Å². The topological polar surface area (TPSA) is 57.9 Å². The summed E-state index contributed by atoms with van der Waals surface area (Å²) < 4.78 is 48.5. The molecule has 6 heteroatoms. The zero-order valence-electron chi connectivity index (χ0n) is 8.28. The fraction of sp³-hybridized carbons (Fsp3) is 0.300. The van der Waals surface area contributed by atoms with Gasteiger partial charge in [0.05, 0.1) is 16.7 Å². The van der Waals surface area contributed by atoms with Crippen molar-refractivity contribution >= 4 is 9.84 Å². The SMILES string of the molecule is N#CCCCS(=O)(=O)c1ccc(F)c(F)c1. The predicted molar refractivity (Wildman–Crippen MR) is 53.3 cm³/mol. The lowest BCUT2D eigenvalue weighted by Crippen LogP contribution is -2.07. The molecule has 0 aromatic heterocycles. The molecule has 86 valence electrons. The van der Waals surface area contributed by atoms with Gasteiger partial charge in [0.2, 0.25) is 0 Å². The molecule has 0 aliphatic heterocycles. The highest BCUT2D eigenvalue weighted by atomic mass is 32.2. The van der Waals surface area contributed by atoms with Gasteiger partial charge in [-0.1, -0.05) is 0 Å². The summed E-state index contributed by atoms with van der Waals surface area (Å²) in [5.74, 6) is -2.52. The van der Waals surface area contributed by atoms with Crippen molar-refractivity contribution < 1.29 is 17.2 Å². The fourth-order valence-electron chi connectivity index (χ4n) is 1.13. The van der Waals surface area contributed by atoms with Crippen molar-refractivity contribution in [3.63, 3.8) is 0 Å². The lowest BCUT2D eigenvalue weighted by Gasteiger charge is -2.03. The Hall–Kier alpha value is -1.48. The highest BCUT2D eigenvalue weighted by molar-refractivity contribution is 7.91. The maximum absolute atomic E-state index is 12.8. The van der Waals surface area contributed by atoms with Gasteiger partial charge in [-0.3, -0.25) is 0 Å².